The van der Waals surface area contributed by atoms with E-state index in [9.17, 15) is 0 Å². The van der Waals surface area contributed by atoms with Crippen LogP contribution in [-0.4, -0.2) is 24.9 Å². The van der Waals surface area contributed by atoms with Crippen molar-refractivity contribution in [2.75, 3.05) is 13.2 Å². The number of ether oxygens (including phenoxy) is 2. The predicted octanol–water partition coefficient (Wildman–Crippen LogP) is 3.94. The van der Waals surface area contributed by atoms with Crippen LogP contribution < -0.4 is 10.1 Å². The van der Waals surface area contributed by atoms with E-state index >= 15 is 0 Å². The molecule has 0 aliphatic heterocycles. The highest BCUT2D eigenvalue weighted by molar-refractivity contribution is 5.37. The molecular formula is C17H29NO2. The van der Waals surface area contributed by atoms with Gasteiger partial charge >= 0.3 is 0 Å². The molecule has 0 aliphatic rings. The lowest BCUT2D eigenvalue weighted by molar-refractivity contribution is -0.0395. The lowest BCUT2D eigenvalue weighted by Crippen LogP contribution is -2.41. The molecule has 0 fully saturated rings. The van der Waals surface area contributed by atoms with Gasteiger partial charge in [0, 0.05) is 12.2 Å². The number of hydrogen-bond acceptors (Lipinski definition) is 3. The maximum absolute atomic E-state index is 5.95. The molecule has 1 aromatic rings. The zero-order valence-corrected chi connectivity index (χ0v) is 13.7. The molecule has 1 aromatic carbocycles. The molecule has 1 N–H and O–H groups in total. The van der Waals surface area contributed by atoms with Gasteiger partial charge in [-0.15, -0.1) is 0 Å². The summed E-state index contributed by atoms with van der Waals surface area (Å²) in [6.45, 7) is 14.1. The number of likely N-dealkylation sites (N-methyl/N-ethyl adjacent to an activating group) is 1. The van der Waals surface area contributed by atoms with Gasteiger partial charge in [0.25, 0.3) is 0 Å². The Morgan fingerprint density at radius 3 is 2.35 bits per heavy atom. The molecule has 0 bridgehead atoms. The lowest BCUT2D eigenvalue weighted by Gasteiger charge is -2.36. The van der Waals surface area contributed by atoms with Crippen molar-refractivity contribution in [2.45, 2.75) is 59.3 Å². The SMILES string of the molecule is CCNC(c1ccccc1OC(C)C)C(C)(C)OCC. The van der Waals surface area contributed by atoms with Crippen LogP contribution in [0.25, 0.3) is 0 Å². The number of hydrogen-bond donors (Lipinski definition) is 1. The van der Waals surface area contributed by atoms with Crippen LogP contribution in [0.2, 0.25) is 0 Å². The van der Waals surface area contributed by atoms with Crippen molar-refractivity contribution in [1.82, 2.24) is 5.32 Å². The van der Waals surface area contributed by atoms with Gasteiger partial charge in [-0.25, -0.2) is 0 Å². The first-order valence-corrected chi connectivity index (χ1v) is 7.55. The lowest BCUT2D eigenvalue weighted by atomic mass is 9.90. The van der Waals surface area contributed by atoms with Crippen molar-refractivity contribution in [2.24, 2.45) is 0 Å². The second-order valence-electron chi connectivity index (χ2n) is 5.73. The summed E-state index contributed by atoms with van der Waals surface area (Å²) in [5.41, 5.74) is 0.864. The molecule has 3 nitrogen and oxygen atoms in total. The highest BCUT2D eigenvalue weighted by Crippen LogP contribution is 2.34. The normalized spacial score (nSPS) is 13.6. The third-order valence-corrected chi connectivity index (χ3v) is 3.21. The smallest absolute Gasteiger partial charge is 0.124 e. The first kappa shape index (κ1) is 17.0. The molecule has 0 spiro atoms. The monoisotopic (exact) mass is 279 g/mol. The molecule has 0 saturated carbocycles. The summed E-state index contributed by atoms with van der Waals surface area (Å²) < 4.78 is 11.9. The second-order valence-corrected chi connectivity index (χ2v) is 5.73. The minimum absolute atomic E-state index is 0.0994. The fraction of sp³-hybridized carbons (Fsp3) is 0.647. The maximum atomic E-state index is 5.95. The third kappa shape index (κ3) is 4.50. The Kier molecular flexibility index (Phi) is 6.50. The van der Waals surface area contributed by atoms with Gasteiger partial charge in [-0.2, -0.15) is 0 Å². The molecule has 1 rings (SSSR count). The Balaban J connectivity index is 3.14. The van der Waals surface area contributed by atoms with Gasteiger partial charge in [-0.3, -0.25) is 0 Å². The average molecular weight is 279 g/mol. The number of benzene rings is 1. The average Bonchev–Trinajstić information content (AvgIpc) is 2.36. The van der Waals surface area contributed by atoms with Crippen LogP contribution in [-0.2, 0) is 4.74 Å². The Labute approximate surface area is 123 Å². The van der Waals surface area contributed by atoms with Crippen molar-refractivity contribution < 1.29 is 9.47 Å². The van der Waals surface area contributed by atoms with Crippen LogP contribution in [0.3, 0.4) is 0 Å². The van der Waals surface area contributed by atoms with Crippen molar-refractivity contribution in [3.63, 3.8) is 0 Å². The number of para-hydroxylation sites is 1. The minimum Gasteiger partial charge on any atom is -0.491 e. The molecule has 3 heteroatoms. The third-order valence-electron chi connectivity index (χ3n) is 3.21. The van der Waals surface area contributed by atoms with E-state index in [1.165, 1.54) is 0 Å². The predicted molar refractivity (Wildman–Crippen MR) is 84.3 cm³/mol. The highest BCUT2D eigenvalue weighted by atomic mass is 16.5. The maximum Gasteiger partial charge on any atom is 0.124 e. The van der Waals surface area contributed by atoms with Crippen molar-refractivity contribution in [3.8, 4) is 5.75 Å². The zero-order valence-electron chi connectivity index (χ0n) is 13.7. The van der Waals surface area contributed by atoms with E-state index < -0.39 is 0 Å². The molecule has 1 unspecified atom stereocenters. The molecular weight excluding hydrogens is 250 g/mol. The molecule has 114 valence electrons. The quantitative estimate of drug-likeness (QED) is 0.782. The van der Waals surface area contributed by atoms with Crippen molar-refractivity contribution in [1.29, 1.82) is 0 Å². The Bertz CT molecular complexity index is 402. The Morgan fingerprint density at radius 2 is 1.80 bits per heavy atom. The fourth-order valence-electron chi connectivity index (χ4n) is 2.47. The Morgan fingerprint density at radius 1 is 1.15 bits per heavy atom. The van der Waals surface area contributed by atoms with Crippen LogP contribution in [0.4, 0.5) is 0 Å². The van der Waals surface area contributed by atoms with Gasteiger partial charge in [0.15, 0.2) is 0 Å². The van der Waals surface area contributed by atoms with E-state index in [1.807, 2.05) is 32.9 Å². The van der Waals surface area contributed by atoms with E-state index in [0.717, 1.165) is 17.9 Å². The number of rotatable bonds is 8. The molecule has 0 aromatic heterocycles. The van der Waals surface area contributed by atoms with E-state index in [0.29, 0.717) is 6.61 Å². The van der Waals surface area contributed by atoms with Crippen LogP contribution in [0.5, 0.6) is 5.75 Å². The molecule has 0 radical (unpaired) electrons. The molecule has 0 saturated heterocycles. The first-order chi connectivity index (χ1) is 9.42. The summed E-state index contributed by atoms with van der Waals surface area (Å²) >= 11 is 0. The van der Waals surface area contributed by atoms with E-state index in [1.54, 1.807) is 0 Å². The van der Waals surface area contributed by atoms with Crippen LogP contribution >= 0.6 is 0 Å². The summed E-state index contributed by atoms with van der Waals surface area (Å²) in [5.74, 6) is 0.932. The minimum atomic E-state index is -0.290. The number of nitrogens with one attached hydrogen (secondary N) is 1. The van der Waals surface area contributed by atoms with E-state index in [2.05, 4.69) is 38.2 Å². The highest BCUT2D eigenvalue weighted by Gasteiger charge is 2.32. The summed E-state index contributed by atoms with van der Waals surface area (Å²) in [4.78, 5) is 0. The summed E-state index contributed by atoms with van der Waals surface area (Å²) in [6, 6.07) is 8.31. The largest absolute Gasteiger partial charge is 0.491 e. The molecule has 0 amide bonds. The standard InChI is InChI=1S/C17H29NO2/c1-7-18-16(17(5,6)19-8-2)14-11-9-10-12-15(14)20-13(3)4/h9-13,16,18H,7-8H2,1-6H3. The van der Waals surface area contributed by atoms with E-state index in [4.69, 9.17) is 9.47 Å². The van der Waals surface area contributed by atoms with Gasteiger partial charge in [0.2, 0.25) is 0 Å². The summed E-state index contributed by atoms with van der Waals surface area (Å²) in [7, 11) is 0. The summed E-state index contributed by atoms with van der Waals surface area (Å²) in [5, 5.41) is 3.53. The molecule has 20 heavy (non-hydrogen) atoms. The fourth-order valence-corrected chi connectivity index (χ4v) is 2.47. The van der Waals surface area contributed by atoms with Crippen LogP contribution in [0, 0.1) is 0 Å². The zero-order chi connectivity index (χ0) is 15.2. The van der Waals surface area contributed by atoms with Crippen molar-refractivity contribution >= 4 is 0 Å². The van der Waals surface area contributed by atoms with Gasteiger partial charge in [-0.05, 0) is 47.2 Å². The van der Waals surface area contributed by atoms with Gasteiger partial charge in [-0.1, -0.05) is 25.1 Å². The van der Waals surface area contributed by atoms with Gasteiger partial charge in [0.1, 0.15) is 5.75 Å². The Hall–Kier alpha value is -1.06. The van der Waals surface area contributed by atoms with Crippen LogP contribution in [0.15, 0.2) is 24.3 Å². The summed E-state index contributed by atoms with van der Waals surface area (Å²) in [6.07, 6.45) is 0.161. The molecule has 0 heterocycles. The second kappa shape index (κ2) is 7.65. The molecule has 1 atom stereocenters. The molecule has 0 aliphatic carbocycles. The van der Waals surface area contributed by atoms with Crippen LogP contribution in [0.1, 0.15) is 53.1 Å². The van der Waals surface area contributed by atoms with Gasteiger partial charge < -0.3 is 14.8 Å². The van der Waals surface area contributed by atoms with Gasteiger partial charge in [0.05, 0.1) is 17.7 Å². The first-order valence-electron chi connectivity index (χ1n) is 7.55. The topological polar surface area (TPSA) is 30.5 Å². The van der Waals surface area contributed by atoms with Crippen molar-refractivity contribution in [3.05, 3.63) is 29.8 Å². The van der Waals surface area contributed by atoms with E-state index in [-0.39, 0.29) is 17.7 Å².